The first-order chi connectivity index (χ1) is 18.0. The van der Waals surface area contributed by atoms with E-state index in [1.165, 1.54) is 11.3 Å². The molecule has 2 atom stereocenters. The Morgan fingerprint density at radius 3 is 2.53 bits per heavy atom. The fourth-order valence-corrected chi connectivity index (χ4v) is 5.49. The average Bonchev–Trinajstić information content (AvgIpc) is 3.17. The Morgan fingerprint density at radius 2 is 1.84 bits per heavy atom. The molecule has 0 spiro atoms. The van der Waals surface area contributed by atoms with Crippen molar-refractivity contribution in [2.24, 2.45) is 5.92 Å². The topological polar surface area (TPSA) is 134 Å². The number of amides is 5. The normalized spacial score (nSPS) is 21.0. The molecule has 1 saturated carbocycles. The van der Waals surface area contributed by atoms with E-state index in [-0.39, 0.29) is 37.2 Å². The van der Waals surface area contributed by atoms with E-state index >= 15 is 0 Å². The molecule has 3 N–H and O–H groups in total. The minimum absolute atomic E-state index is 0.202. The van der Waals surface area contributed by atoms with Gasteiger partial charge in [-0.05, 0) is 56.7 Å². The highest BCUT2D eigenvalue weighted by Crippen LogP contribution is 2.29. The smallest absolute Gasteiger partial charge is 0.408 e. The molecule has 0 bridgehead atoms. The number of alkyl carbamates (subject to hydrolysis) is 1. The highest BCUT2D eigenvalue weighted by Gasteiger charge is 2.39. The van der Waals surface area contributed by atoms with Crippen LogP contribution in [0.3, 0.4) is 0 Å². The summed E-state index contributed by atoms with van der Waals surface area (Å²) in [4.78, 5) is 63.8. The third-order valence-corrected chi connectivity index (χ3v) is 7.36. The Morgan fingerprint density at radius 1 is 1.11 bits per heavy atom. The number of carbonyl (C=O) groups is 5. The fraction of sp³-hybridized carbons (Fsp3) is 0.607. The first kappa shape index (κ1) is 27.6. The zero-order valence-electron chi connectivity index (χ0n) is 22.4. The van der Waals surface area contributed by atoms with Gasteiger partial charge in [-0.25, -0.2) is 4.79 Å². The van der Waals surface area contributed by atoms with Crippen LogP contribution in [0.25, 0.3) is 0 Å². The van der Waals surface area contributed by atoms with Gasteiger partial charge in [0.2, 0.25) is 17.7 Å². The highest BCUT2D eigenvalue weighted by atomic mass is 16.6. The lowest BCUT2D eigenvalue weighted by Gasteiger charge is -2.29. The largest absolute Gasteiger partial charge is 0.444 e. The van der Waals surface area contributed by atoms with Gasteiger partial charge in [0, 0.05) is 25.1 Å². The van der Waals surface area contributed by atoms with Crippen LogP contribution in [0.5, 0.6) is 0 Å². The number of ether oxygens (including phenoxy) is 1. The van der Waals surface area contributed by atoms with E-state index in [1.54, 1.807) is 32.9 Å². The van der Waals surface area contributed by atoms with Crippen molar-refractivity contribution < 1.29 is 28.7 Å². The van der Waals surface area contributed by atoms with E-state index in [2.05, 4.69) is 16.0 Å². The Kier molecular flexibility index (Phi) is 8.38. The van der Waals surface area contributed by atoms with Gasteiger partial charge in [0.1, 0.15) is 17.7 Å². The van der Waals surface area contributed by atoms with Crippen LogP contribution in [0.15, 0.2) is 18.2 Å². The summed E-state index contributed by atoms with van der Waals surface area (Å²) in [6.45, 7) is 5.84. The first-order valence-corrected chi connectivity index (χ1v) is 13.5. The molecule has 4 rings (SSSR count). The zero-order valence-corrected chi connectivity index (χ0v) is 22.4. The van der Waals surface area contributed by atoms with Gasteiger partial charge < -0.3 is 20.3 Å². The number of hydrogen-bond acceptors (Lipinski definition) is 6. The van der Waals surface area contributed by atoms with Crippen molar-refractivity contribution in [1.82, 2.24) is 20.9 Å². The predicted molar refractivity (Wildman–Crippen MR) is 139 cm³/mol. The van der Waals surface area contributed by atoms with Gasteiger partial charge in [-0.3, -0.25) is 24.5 Å². The Hall–Kier alpha value is -3.43. The van der Waals surface area contributed by atoms with E-state index in [0.29, 0.717) is 24.3 Å². The van der Waals surface area contributed by atoms with Gasteiger partial charge in [-0.15, -0.1) is 0 Å². The molecule has 2 fully saturated rings. The molecule has 3 aliphatic rings. The molecule has 1 unspecified atom stereocenters. The van der Waals surface area contributed by atoms with Crippen LogP contribution in [0.2, 0.25) is 0 Å². The Bertz CT molecular complexity index is 1110. The molecule has 1 saturated heterocycles. The van der Waals surface area contributed by atoms with Crippen LogP contribution in [0.4, 0.5) is 4.79 Å². The SMILES string of the molecule is CC(C)(C)OC(=O)N[C@@H](CC1CCCCC1)C(=O)NCc1ccc2c(c1)CN(C1CCC(=O)NC1=O)C2=O. The van der Waals surface area contributed by atoms with E-state index in [1.807, 2.05) is 6.07 Å². The summed E-state index contributed by atoms with van der Waals surface area (Å²) in [5.41, 5.74) is 1.44. The molecule has 1 aromatic carbocycles. The van der Waals surface area contributed by atoms with Gasteiger partial charge in [-0.2, -0.15) is 0 Å². The summed E-state index contributed by atoms with van der Waals surface area (Å²) < 4.78 is 5.39. The number of nitrogens with zero attached hydrogens (tertiary/aromatic N) is 1. The zero-order chi connectivity index (χ0) is 27.4. The van der Waals surface area contributed by atoms with Crippen molar-refractivity contribution in [2.75, 3.05) is 0 Å². The summed E-state index contributed by atoms with van der Waals surface area (Å²) in [7, 11) is 0. The number of nitrogens with one attached hydrogen (secondary N) is 3. The highest BCUT2D eigenvalue weighted by molar-refractivity contribution is 6.05. The maximum Gasteiger partial charge on any atom is 0.408 e. The quantitative estimate of drug-likeness (QED) is 0.468. The third kappa shape index (κ3) is 6.90. The summed E-state index contributed by atoms with van der Waals surface area (Å²) in [5.74, 6) is -0.908. The van der Waals surface area contributed by atoms with Gasteiger partial charge in [-0.1, -0.05) is 44.2 Å². The summed E-state index contributed by atoms with van der Waals surface area (Å²) >= 11 is 0. The molecule has 5 amide bonds. The minimum Gasteiger partial charge on any atom is -0.444 e. The van der Waals surface area contributed by atoms with Gasteiger partial charge in [0.15, 0.2) is 0 Å². The number of carbonyl (C=O) groups excluding carboxylic acids is 5. The molecule has 2 aliphatic heterocycles. The molecule has 1 aromatic rings. The molecule has 38 heavy (non-hydrogen) atoms. The lowest BCUT2D eigenvalue weighted by molar-refractivity contribution is -0.137. The van der Waals surface area contributed by atoms with Crippen molar-refractivity contribution in [1.29, 1.82) is 0 Å². The lowest BCUT2D eigenvalue weighted by Crippen LogP contribution is -2.52. The van der Waals surface area contributed by atoms with Crippen LogP contribution >= 0.6 is 0 Å². The van der Waals surface area contributed by atoms with E-state index in [0.717, 1.165) is 36.8 Å². The number of rotatable bonds is 7. The molecule has 1 aliphatic carbocycles. The minimum atomic E-state index is -0.702. The number of imide groups is 1. The molecule has 10 heteroatoms. The van der Waals surface area contributed by atoms with E-state index < -0.39 is 29.7 Å². The maximum absolute atomic E-state index is 13.2. The van der Waals surface area contributed by atoms with Crippen LogP contribution in [0, 0.1) is 5.92 Å². The van der Waals surface area contributed by atoms with Crippen LogP contribution < -0.4 is 16.0 Å². The standard InChI is InChI=1S/C28H38N4O6/c1-28(2,3)38-27(37)30-21(14-17-7-5-4-6-8-17)24(34)29-15-18-9-10-20-19(13-18)16-32(26(20)36)22-11-12-23(33)31-25(22)35/h9-10,13,17,21-22H,4-8,11-12,14-16H2,1-3H3,(H,29,34)(H,30,37)(H,31,33,35)/t21-,22?/m0/s1. The molecule has 10 nitrogen and oxygen atoms in total. The third-order valence-electron chi connectivity index (χ3n) is 7.36. The molecule has 0 radical (unpaired) electrons. The Labute approximate surface area is 223 Å². The molecule has 206 valence electrons. The fourth-order valence-electron chi connectivity index (χ4n) is 5.49. The second-order valence-electron chi connectivity index (χ2n) is 11.5. The predicted octanol–water partition coefficient (Wildman–Crippen LogP) is 2.93. The molecular weight excluding hydrogens is 488 g/mol. The van der Waals surface area contributed by atoms with E-state index in [4.69, 9.17) is 4.74 Å². The maximum atomic E-state index is 13.2. The van der Waals surface area contributed by atoms with Crippen molar-refractivity contribution in [3.63, 3.8) is 0 Å². The Balaban J connectivity index is 1.38. The van der Waals surface area contributed by atoms with Gasteiger partial charge >= 0.3 is 6.09 Å². The van der Waals surface area contributed by atoms with Crippen molar-refractivity contribution in [2.45, 2.75) is 103 Å². The number of piperidine rings is 1. The monoisotopic (exact) mass is 526 g/mol. The number of benzene rings is 1. The molecular formula is C28H38N4O6. The lowest BCUT2D eigenvalue weighted by atomic mass is 9.84. The van der Waals surface area contributed by atoms with Crippen molar-refractivity contribution in [3.8, 4) is 0 Å². The number of fused-ring (bicyclic) bond motifs is 1. The summed E-state index contributed by atoms with van der Waals surface area (Å²) in [6, 6.07) is 3.98. The van der Waals surface area contributed by atoms with E-state index in [9.17, 15) is 24.0 Å². The number of hydrogen-bond donors (Lipinski definition) is 3. The van der Waals surface area contributed by atoms with Crippen LogP contribution in [-0.4, -0.2) is 52.3 Å². The second-order valence-corrected chi connectivity index (χ2v) is 11.5. The van der Waals surface area contributed by atoms with Crippen molar-refractivity contribution in [3.05, 3.63) is 34.9 Å². The summed E-state index contributed by atoms with van der Waals surface area (Å²) in [5, 5.41) is 8.01. The van der Waals surface area contributed by atoms with Crippen molar-refractivity contribution >= 4 is 29.7 Å². The van der Waals surface area contributed by atoms with Gasteiger partial charge in [0.25, 0.3) is 5.91 Å². The summed E-state index contributed by atoms with van der Waals surface area (Å²) in [6.07, 6.45) is 6.01. The molecule has 0 aromatic heterocycles. The first-order valence-electron chi connectivity index (χ1n) is 13.5. The van der Waals surface area contributed by atoms with Gasteiger partial charge in [0.05, 0.1) is 0 Å². The van der Waals surface area contributed by atoms with Crippen LogP contribution in [0.1, 0.15) is 93.6 Å². The second kappa shape index (κ2) is 11.5. The average molecular weight is 527 g/mol. The van der Waals surface area contributed by atoms with Crippen LogP contribution in [-0.2, 0) is 32.2 Å². The molecule has 2 heterocycles.